The molecule has 24 heavy (non-hydrogen) atoms. The van der Waals surface area contributed by atoms with Crippen molar-refractivity contribution in [2.24, 2.45) is 13.0 Å². The highest BCUT2D eigenvalue weighted by Crippen LogP contribution is 2.33. The minimum Gasteiger partial charge on any atom is -0.372 e. The molecule has 1 aliphatic heterocycles. The molecule has 0 saturated carbocycles. The van der Waals surface area contributed by atoms with Crippen molar-refractivity contribution in [1.29, 1.82) is 0 Å². The van der Waals surface area contributed by atoms with Gasteiger partial charge < -0.3 is 10.1 Å². The second-order valence-electron chi connectivity index (χ2n) is 6.60. The molecule has 2 aromatic rings. The number of nitrogens with one attached hydrogen (secondary N) is 1. The summed E-state index contributed by atoms with van der Waals surface area (Å²) in [6, 6.07) is 6.50. The van der Waals surface area contributed by atoms with Crippen molar-refractivity contribution in [3.05, 3.63) is 47.5 Å². The molecule has 0 amide bonds. The number of pyridine rings is 1. The van der Waals surface area contributed by atoms with Gasteiger partial charge in [-0.25, -0.2) is 0 Å². The molecular formula is C19H28N4O. The Morgan fingerprint density at radius 1 is 1.38 bits per heavy atom. The summed E-state index contributed by atoms with van der Waals surface area (Å²) in [4.78, 5) is 4.59. The number of aryl methyl sites for hydroxylation is 2. The maximum atomic E-state index is 6.08. The first-order chi connectivity index (χ1) is 11.7. The van der Waals surface area contributed by atoms with Gasteiger partial charge in [-0.1, -0.05) is 13.0 Å². The topological polar surface area (TPSA) is 52.0 Å². The fourth-order valence-electron chi connectivity index (χ4n) is 3.61. The molecule has 3 atom stereocenters. The first kappa shape index (κ1) is 17.1. The summed E-state index contributed by atoms with van der Waals surface area (Å²) in [5, 5.41) is 7.98. The average molecular weight is 328 g/mol. The summed E-state index contributed by atoms with van der Waals surface area (Å²) in [6.45, 7) is 6.14. The minimum atomic E-state index is 0.125. The predicted molar refractivity (Wildman–Crippen MR) is 94.7 cm³/mol. The van der Waals surface area contributed by atoms with Crippen molar-refractivity contribution in [2.75, 3.05) is 13.2 Å². The molecular weight excluding hydrogens is 300 g/mol. The van der Waals surface area contributed by atoms with Gasteiger partial charge in [-0.2, -0.15) is 5.10 Å². The van der Waals surface area contributed by atoms with Crippen LogP contribution in [0, 0.1) is 5.92 Å². The number of ether oxygens (including phenoxy) is 1. The van der Waals surface area contributed by atoms with E-state index in [2.05, 4.69) is 41.4 Å². The maximum absolute atomic E-state index is 6.08. The molecule has 1 fully saturated rings. The molecule has 3 rings (SSSR count). The first-order valence-electron chi connectivity index (χ1n) is 8.97. The molecule has 1 N–H and O–H groups in total. The second kappa shape index (κ2) is 7.90. The van der Waals surface area contributed by atoms with Crippen molar-refractivity contribution < 1.29 is 4.74 Å². The minimum absolute atomic E-state index is 0.125. The van der Waals surface area contributed by atoms with Crippen LogP contribution >= 0.6 is 0 Å². The van der Waals surface area contributed by atoms with Crippen molar-refractivity contribution >= 4 is 0 Å². The molecule has 5 nitrogen and oxygen atoms in total. The number of hydrogen-bond donors (Lipinski definition) is 1. The smallest absolute Gasteiger partial charge is 0.103 e. The molecule has 0 aromatic carbocycles. The summed E-state index contributed by atoms with van der Waals surface area (Å²) in [5.41, 5.74) is 3.65. The van der Waals surface area contributed by atoms with Crippen LogP contribution in [0.5, 0.6) is 0 Å². The molecule has 1 unspecified atom stereocenters. The lowest BCUT2D eigenvalue weighted by Crippen LogP contribution is -2.34. The standard InChI is InChI=1S/C19H28N4O/c1-4-15-7-5-10-20-18(15)14(2)21-13-16-8-6-12-24-19(16)17-9-11-22-23(17)3/h5,7,9-11,14,16,19,21H,4,6,8,12-13H2,1-3H3/t14?,16-,19+/m0/s1. The quantitative estimate of drug-likeness (QED) is 0.885. The van der Waals surface area contributed by atoms with Crippen molar-refractivity contribution in [3.63, 3.8) is 0 Å². The van der Waals surface area contributed by atoms with Crippen molar-refractivity contribution in [3.8, 4) is 0 Å². The summed E-state index contributed by atoms with van der Waals surface area (Å²) in [7, 11) is 1.99. The van der Waals surface area contributed by atoms with E-state index in [1.807, 2.05) is 30.2 Å². The van der Waals surface area contributed by atoms with Crippen LogP contribution in [0.4, 0.5) is 0 Å². The summed E-state index contributed by atoms with van der Waals surface area (Å²) < 4.78 is 8.01. The fourth-order valence-corrected chi connectivity index (χ4v) is 3.61. The highest BCUT2D eigenvalue weighted by atomic mass is 16.5. The summed E-state index contributed by atoms with van der Waals surface area (Å²) in [6.07, 6.45) is 7.17. The Balaban J connectivity index is 1.67. The van der Waals surface area contributed by atoms with Gasteiger partial charge in [0.25, 0.3) is 0 Å². The third kappa shape index (κ3) is 3.68. The predicted octanol–water partition coefficient (Wildman–Crippen LogP) is 3.20. The van der Waals surface area contributed by atoms with Crippen LogP contribution in [0.2, 0.25) is 0 Å². The van der Waals surface area contributed by atoms with Crippen LogP contribution in [0.25, 0.3) is 0 Å². The molecule has 0 aliphatic carbocycles. The van der Waals surface area contributed by atoms with Crippen LogP contribution < -0.4 is 5.32 Å². The van der Waals surface area contributed by atoms with E-state index in [-0.39, 0.29) is 12.1 Å². The van der Waals surface area contributed by atoms with Crippen LogP contribution in [0.15, 0.2) is 30.6 Å². The molecule has 0 radical (unpaired) electrons. The number of aromatic nitrogens is 3. The molecule has 1 saturated heterocycles. The van der Waals surface area contributed by atoms with Crippen LogP contribution in [0.3, 0.4) is 0 Å². The van der Waals surface area contributed by atoms with Gasteiger partial charge in [0.05, 0.1) is 11.4 Å². The monoisotopic (exact) mass is 328 g/mol. The molecule has 0 bridgehead atoms. The van der Waals surface area contributed by atoms with E-state index in [1.165, 1.54) is 17.7 Å². The maximum Gasteiger partial charge on any atom is 0.103 e. The number of nitrogens with zero attached hydrogens (tertiary/aromatic N) is 3. The van der Waals surface area contributed by atoms with Gasteiger partial charge in [0.15, 0.2) is 0 Å². The molecule has 2 aromatic heterocycles. The normalized spacial score (nSPS) is 22.5. The van der Waals surface area contributed by atoms with Gasteiger partial charge in [-0.05, 0) is 43.9 Å². The summed E-state index contributed by atoms with van der Waals surface area (Å²) in [5.74, 6) is 0.463. The zero-order chi connectivity index (χ0) is 16.9. The van der Waals surface area contributed by atoms with Gasteiger partial charge in [0.1, 0.15) is 6.10 Å². The van der Waals surface area contributed by atoms with Crippen molar-refractivity contribution in [1.82, 2.24) is 20.1 Å². The Morgan fingerprint density at radius 2 is 2.25 bits per heavy atom. The Kier molecular flexibility index (Phi) is 5.63. The summed E-state index contributed by atoms with van der Waals surface area (Å²) >= 11 is 0. The molecule has 5 heteroatoms. The van der Waals surface area contributed by atoms with Gasteiger partial charge in [0, 0.05) is 44.6 Å². The number of rotatable bonds is 6. The lowest BCUT2D eigenvalue weighted by Gasteiger charge is -2.33. The number of hydrogen-bond acceptors (Lipinski definition) is 4. The van der Waals surface area contributed by atoms with E-state index < -0.39 is 0 Å². The van der Waals surface area contributed by atoms with Gasteiger partial charge in [-0.15, -0.1) is 0 Å². The first-order valence-corrected chi connectivity index (χ1v) is 8.97. The zero-order valence-corrected chi connectivity index (χ0v) is 14.9. The highest BCUT2D eigenvalue weighted by molar-refractivity contribution is 5.22. The zero-order valence-electron chi connectivity index (χ0n) is 14.9. The highest BCUT2D eigenvalue weighted by Gasteiger charge is 2.29. The van der Waals surface area contributed by atoms with Gasteiger partial charge >= 0.3 is 0 Å². The SMILES string of the molecule is CCc1cccnc1C(C)NC[C@@H]1CCCO[C@H]1c1ccnn1C. The van der Waals surface area contributed by atoms with Gasteiger partial charge in [-0.3, -0.25) is 9.67 Å². The average Bonchev–Trinajstić information content (AvgIpc) is 3.05. The molecule has 130 valence electrons. The van der Waals surface area contributed by atoms with E-state index in [1.54, 1.807) is 0 Å². The van der Waals surface area contributed by atoms with E-state index in [0.717, 1.165) is 31.7 Å². The fraction of sp³-hybridized carbons (Fsp3) is 0.579. The van der Waals surface area contributed by atoms with E-state index >= 15 is 0 Å². The third-order valence-corrected chi connectivity index (χ3v) is 5.00. The Hall–Kier alpha value is -1.72. The van der Waals surface area contributed by atoms with Crippen LogP contribution in [-0.4, -0.2) is 27.9 Å². The van der Waals surface area contributed by atoms with Crippen molar-refractivity contribution in [2.45, 2.75) is 45.3 Å². The lowest BCUT2D eigenvalue weighted by molar-refractivity contribution is -0.0328. The lowest BCUT2D eigenvalue weighted by atomic mass is 9.91. The van der Waals surface area contributed by atoms with Gasteiger partial charge in [0.2, 0.25) is 0 Å². The van der Waals surface area contributed by atoms with Crippen LogP contribution in [0.1, 0.15) is 55.8 Å². The van der Waals surface area contributed by atoms with E-state index in [0.29, 0.717) is 5.92 Å². The molecule has 0 spiro atoms. The Morgan fingerprint density at radius 3 is 3.00 bits per heavy atom. The Bertz CT molecular complexity index is 654. The van der Waals surface area contributed by atoms with Crippen LogP contribution in [-0.2, 0) is 18.2 Å². The molecule has 1 aliphatic rings. The van der Waals surface area contributed by atoms with E-state index in [9.17, 15) is 0 Å². The van der Waals surface area contributed by atoms with E-state index in [4.69, 9.17) is 4.74 Å². The second-order valence-corrected chi connectivity index (χ2v) is 6.60. The molecule has 3 heterocycles. The largest absolute Gasteiger partial charge is 0.372 e. The third-order valence-electron chi connectivity index (χ3n) is 5.00. The Labute approximate surface area is 144 Å².